The Morgan fingerprint density at radius 3 is 2.83 bits per heavy atom. The molecule has 2 fully saturated rings. The van der Waals surface area contributed by atoms with Gasteiger partial charge in [0.15, 0.2) is 0 Å². The second kappa shape index (κ2) is 4.88. The number of morpholine rings is 1. The van der Waals surface area contributed by atoms with Crippen LogP contribution in [0.25, 0.3) is 0 Å². The average Bonchev–Trinajstić information content (AvgIpc) is 2.40. The van der Waals surface area contributed by atoms with Gasteiger partial charge in [-0.1, -0.05) is 25.3 Å². The van der Waals surface area contributed by atoms with Crippen LogP contribution in [0.2, 0.25) is 0 Å². The average molecular weight is 246 g/mol. The van der Waals surface area contributed by atoms with Crippen molar-refractivity contribution >= 4 is 5.82 Å². The monoisotopic (exact) mass is 246 g/mol. The maximum absolute atomic E-state index is 6.12. The first kappa shape index (κ1) is 12.0. The molecule has 0 aromatic carbocycles. The molecule has 1 aliphatic carbocycles. The summed E-state index contributed by atoms with van der Waals surface area (Å²) in [5.74, 6) is 1.11. The normalized spacial score (nSPS) is 23.3. The van der Waals surface area contributed by atoms with Gasteiger partial charge in [0.05, 0.1) is 12.2 Å². The van der Waals surface area contributed by atoms with E-state index in [1.807, 2.05) is 0 Å². The van der Waals surface area contributed by atoms with Crippen molar-refractivity contribution in [3.05, 3.63) is 23.9 Å². The van der Waals surface area contributed by atoms with Crippen molar-refractivity contribution < 1.29 is 4.74 Å². The van der Waals surface area contributed by atoms with Gasteiger partial charge in [-0.25, -0.2) is 4.98 Å². The predicted octanol–water partition coefficient (Wildman–Crippen LogP) is 2.93. The summed E-state index contributed by atoms with van der Waals surface area (Å²) < 4.78 is 6.12. The topological polar surface area (TPSA) is 25.4 Å². The number of rotatable bonds is 1. The van der Waals surface area contributed by atoms with Gasteiger partial charge in [0.25, 0.3) is 0 Å². The molecule has 1 saturated carbocycles. The fourth-order valence-electron chi connectivity index (χ4n) is 3.24. The van der Waals surface area contributed by atoms with Crippen molar-refractivity contribution in [2.24, 2.45) is 0 Å². The predicted molar refractivity (Wildman–Crippen MR) is 73.0 cm³/mol. The summed E-state index contributed by atoms with van der Waals surface area (Å²) in [6.07, 6.45) is 6.43. The molecular formula is C15H22N2O. The van der Waals surface area contributed by atoms with E-state index in [0.717, 1.165) is 31.2 Å². The second-order valence-corrected chi connectivity index (χ2v) is 5.65. The molecule has 1 saturated heterocycles. The van der Waals surface area contributed by atoms with Gasteiger partial charge in [0, 0.05) is 18.8 Å². The molecule has 1 aromatic rings. The van der Waals surface area contributed by atoms with E-state index in [4.69, 9.17) is 4.74 Å². The molecule has 1 aromatic heterocycles. The zero-order valence-electron chi connectivity index (χ0n) is 11.2. The highest BCUT2D eigenvalue weighted by molar-refractivity contribution is 5.40. The summed E-state index contributed by atoms with van der Waals surface area (Å²) in [4.78, 5) is 7.05. The first-order valence-electron chi connectivity index (χ1n) is 7.10. The minimum atomic E-state index is 0.113. The van der Waals surface area contributed by atoms with E-state index < -0.39 is 0 Å². The van der Waals surface area contributed by atoms with E-state index >= 15 is 0 Å². The number of pyridine rings is 1. The van der Waals surface area contributed by atoms with Gasteiger partial charge in [-0.15, -0.1) is 0 Å². The smallest absolute Gasteiger partial charge is 0.128 e. The molecule has 1 aliphatic heterocycles. The Hall–Kier alpha value is -1.09. The van der Waals surface area contributed by atoms with Gasteiger partial charge < -0.3 is 9.64 Å². The Kier molecular flexibility index (Phi) is 3.25. The first-order chi connectivity index (χ1) is 8.77. The highest BCUT2D eigenvalue weighted by Gasteiger charge is 2.38. The number of hydrogen-bond acceptors (Lipinski definition) is 3. The van der Waals surface area contributed by atoms with Crippen LogP contribution in [0.3, 0.4) is 0 Å². The fourth-order valence-corrected chi connectivity index (χ4v) is 3.24. The number of aromatic nitrogens is 1. The highest BCUT2D eigenvalue weighted by atomic mass is 16.5. The van der Waals surface area contributed by atoms with E-state index in [-0.39, 0.29) is 5.60 Å². The second-order valence-electron chi connectivity index (χ2n) is 5.65. The number of nitrogens with zero attached hydrogens (tertiary/aromatic N) is 2. The van der Waals surface area contributed by atoms with Gasteiger partial charge in [-0.2, -0.15) is 0 Å². The molecule has 0 radical (unpaired) electrons. The lowest BCUT2D eigenvalue weighted by Crippen LogP contribution is -2.53. The number of anilines is 1. The van der Waals surface area contributed by atoms with Crippen molar-refractivity contribution in [2.45, 2.75) is 44.6 Å². The Morgan fingerprint density at radius 1 is 1.22 bits per heavy atom. The molecule has 1 spiro atoms. The molecule has 2 heterocycles. The molecule has 0 bridgehead atoms. The van der Waals surface area contributed by atoms with Crippen molar-refractivity contribution in [1.29, 1.82) is 0 Å². The summed E-state index contributed by atoms with van der Waals surface area (Å²) in [7, 11) is 0. The standard InChI is InChI=1S/C15H22N2O/c1-13-6-5-7-14(16-13)17-10-11-18-15(12-17)8-3-2-4-9-15/h5-7H,2-4,8-12H2,1H3. The van der Waals surface area contributed by atoms with E-state index in [1.165, 1.54) is 32.1 Å². The van der Waals surface area contributed by atoms with Crippen LogP contribution in [0, 0.1) is 6.92 Å². The quantitative estimate of drug-likeness (QED) is 0.762. The van der Waals surface area contributed by atoms with Gasteiger partial charge >= 0.3 is 0 Å². The zero-order valence-corrected chi connectivity index (χ0v) is 11.2. The van der Waals surface area contributed by atoms with Crippen LogP contribution in [0.1, 0.15) is 37.8 Å². The molecule has 3 nitrogen and oxygen atoms in total. The molecule has 0 N–H and O–H groups in total. The van der Waals surface area contributed by atoms with Crippen LogP contribution in [0.4, 0.5) is 5.82 Å². The minimum absolute atomic E-state index is 0.113. The van der Waals surface area contributed by atoms with Crippen molar-refractivity contribution in [2.75, 3.05) is 24.6 Å². The van der Waals surface area contributed by atoms with E-state index in [9.17, 15) is 0 Å². The van der Waals surface area contributed by atoms with Crippen LogP contribution in [0.5, 0.6) is 0 Å². The highest BCUT2D eigenvalue weighted by Crippen LogP contribution is 2.35. The molecule has 2 aliphatic rings. The molecule has 3 rings (SSSR count). The van der Waals surface area contributed by atoms with Crippen LogP contribution in [-0.2, 0) is 4.74 Å². The van der Waals surface area contributed by atoms with Crippen LogP contribution in [0.15, 0.2) is 18.2 Å². The van der Waals surface area contributed by atoms with Gasteiger partial charge in [-0.3, -0.25) is 0 Å². The van der Waals surface area contributed by atoms with E-state index in [2.05, 4.69) is 35.0 Å². The molecule has 98 valence electrons. The number of ether oxygens (including phenoxy) is 1. The Balaban J connectivity index is 1.77. The summed E-state index contributed by atoms with van der Waals surface area (Å²) >= 11 is 0. The Morgan fingerprint density at radius 2 is 2.06 bits per heavy atom. The van der Waals surface area contributed by atoms with Crippen LogP contribution < -0.4 is 4.90 Å². The van der Waals surface area contributed by atoms with Gasteiger partial charge in [0.2, 0.25) is 0 Å². The fraction of sp³-hybridized carbons (Fsp3) is 0.667. The van der Waals surface area contributed by atoms with Crippen LogP contribution in [-0.4, -0.2) is 30.3 Å². The SMILES string of the molecule is Cc1cccc(N2CCOC3(CCCCC3)C2)n1. The lowest BCUT2D eigenvalue weighted by Gasteiger charge is -2.45. The number of hydrogen-bond donors (Lipinski definition) is 0. The van der Waals surface area contributed by atoms with E-state index in [0.29, 0.717) is 0 Å². The largest absolute Gasteiger partial charge is 0.371 e. The van der Waals surface area contributed by atoms with Crippen molar-refractivity contribution in [3.63, 3.8) is 0 Å². The van der Waals surface area contributed by atoms with Crippen LogP contribution >= 0.6 is 0 Å². The maximum atomic E-state index is 6.12. The Labute approximate surface area is 109 Å². The lowest BCUT2D eigenvalue weighted by atomic mass is 9.83. The molecule has 0 atom stereocenters. The molecule has 3 heteroatoms. The van der Waals surface area contributed by atoms with Crippen molar-refractivity contribution in [3.8, 4) is 0 Å². The maximum Gasteiger partial charge on any atom is 0.128 e. The third-order valence-electron chi connectivity index (χ3n) is 4.21. The lowest BCUT2D eigenvalue weighted by molar-refractivity contribution is -0.0783. The summed E-state index contributed by atoms with van der Waals surface area (Å²) in [6, 6.07) is 6.27. The third kappa shape index (κ3) is 2.37. The summed E-state index contributed by atoms with van der Waals surface area (Å²) in [6.45, 7) is 4.89. The zero-order chi connectivity index (χ0) is 12.4. The van der Waals surface area contributed by atoms with Gasteiger partial charge in [-0.05, 0) is 31.9 Å². The molecular weight excluding hydrogens is 224 g/mol. The first-order valence-corrected chi connectivity index (χ1v) is 7.10. The van der Waals surface area contributed by atoms with Crippen molar-refractivity contribution in [1.82, 2.24) is 4.98 Å². The minimum Gasteiger partial charge on any atom is -0.371 e. The number of aryl methyl sites for hydroxylation is 1. The van der Waals surface area contributed by atoms with Gasteiger partial charge in [0.1, 0.15) is 5.82 Å². The summed E-state index contributed by atoms with van der Waals surface area (Å²) in [5, 5.41) is 0. The molecule has 18 heavy (non-hydrogen) atoms. The molecule has 0 amide bonds. The Bertz CT molecular complexity index is 407. The molecule has 0 unspecified atom stereocenters. The van der Waals surface area contributed by atoms with E-state index in [1.54, 1.807) is 0 Å². The third-order valence-corrected chi connectivity index (χ3v) is 4.21. The summed E-state index contributed by atoms with van der Waals surface area (Å²) in [5.41, 5.74) is 1.21.